The van der Waals surface area contributed by atoms with E-state index in [0.717, 1.165) is 73.8 Å². The topological polar surface area (TPSA) is 53.6 Å². The molecular weight excluding hydrogens is 511 g/mol. The molecule has 2 aromatic rings. The van der Waals surface area contributed by atoms with Crippen LogP contribution in [0.15, 0.2) is 48.5 Å². The number of benzene rings is 2. The van der Waals surface area contributed by atoms with E-state index < -0.39 is 5.54 Å². The number of anilines is 2. The van der Waals surface area contributed by atoms with Crippen LogP contribution in [0.5, 0.6) is 0 Å². The Hall–Kier alpha value is -2.52. The first-order chi connectivity index (χ1) is 17.7. The van der Waals surface area contributed by atoms with Crippen LogP contribution in [0.25, 0.3) is 0 Å². The summed E-state index contributed by atoms with van der Waals surface area (Å²) in [5.41, 5.74) is 1.43. The first-order valence-corrected chi connectivity index (χ1v) is 13.6. The lowest BCUT2D eigenvalue weighted by atomic mass is 10.0. The normalized spacial score (nSPS) is 21.3. The number of amides is 3. The summed E-state index contributed by atoms with van der Waals surface area (Å²) in [4.78, 5) is 39.0. The minimum atomic E-state index is -0.866. The predicted molar refractivity (Wildman–Crippen MR) is 148 cm³/mol. The zero-order valence-corrected chi connectivity index (χ0v) is 23.0. The van der Waals surface area contributed by atoms with E-state index in [9.17, 15) is 9.59 Å². The SMILES string of the molecule is CC1(C)C(=O)N(CN2CCN(c3ccc(Cl)cc3)CC2)C(=O)N1CN1CCN(c2ccc(Cl)cc2)CC1. The van der Waals surface area contributed by atoms with Gasteiger partial charge < -0.3 is 9.80 Å². The highest BCUT2D eigenvalue weighted by Crippen LogP contribution is 2.29. The fourth-order valence-corrected chi connectivity index (χ4v) is 5.53. The van der Waals surface area contributed by atoms with Crippen LogP contribution < -0.4 is 9.80 Å². The molecule has 3 fully saturated rings. The Morgan fingerprint density at radius 1 is 0.649 bits per heavy atom. The summed E-state index contributed by atoms with van der Waals surface area (Å²) in [5, 5.41) is 1.46. The monoisotopic (exact) mass is 544 g/mol. The maximum Gasteiger partial charge on any atom is 0.329 e. The summed E-state index contributed by atoms with van der Waals surface area (Å²) in [6, 6.07) is 15.6. The van der Waals surface area contributed by atoms with Gasteiger partial charge in [0.15, 0.2) is 0 Å². The van der Waals surface area contributed by atoms with E-state index in [1.54, 1.807) is 4.90 Å². The molecule has 0 bridgehead atoms. The Kier molecular flexibility index (Phi) is 7.54. The number of imide groups is 1. The van der Waals surface area contributed by atoms with Gasteiger partial charge in [0.2, 0.25) is 0 Å². The molecule has 0 aliphatic carbocycles. The number of rotatable bonds is 6. The van der Waals surface area contributed by atoms with Crippen LogP contribution in [-0.2, 0) is 4.79 Å². The van der Waals surface area contributed by atoms with E-state index in [1.165, 1.54) is 4.90 Å². The summed E-state index contributed by atoms with van der Waals surface area (Å²) in [5.74, 6) is -0.127. The van der Waals surface area contributed by atoms with Crippen LogP contribution in [0.4, 0.5) is 16.2 Å². The average Bonchev–Trinajstić information content (AvgIpc) is 3.05. The van der Waals surface area contributed by atoms with Crippen molar-refractivity contribution in [3.63, 3.8) is 0 Å². The number of halogens is 2. The van der Waals surface area contributed by atoms with Crippen molar-refractivity contribution in [3.05, 3.63) is 58.6 Å². The van der Waals surface area contributed by atoms with Crippen molar-refractivity contribution < 1.29 is 9.59 Å². The molecule has 0 spiro atoms. The largest absolute Gasteiger partial charge is 0.369 e. The molecule has 3 aliphatic heterocycles. The molecule has 0 aromatic heterocycles. The van der Waals surface area contributed by atoms with Crippen molar-refractivity contribution in [2.45, 2.75) is 19.4 Å². The van der Waals surface area contributed by atoms with Crippen molar-refractivity contribution in [2.75, 3.05) is 75.5 Å². The first kappa shape index (κ1) is 26.1. The standard InChI is InChI=1S/C27H34Cl2N6O2/c1-27(2)25(36)34(19-30-11-15-32(16-12-30)23-7-3-21(28)4-8-23)26(37)35(27)20-31-13-17-33(18-14-31)24-9-5-22(29)6-10-24/h3-10H,11-20H2,1-2H3. The summed E-state index contributed by atoms with van der Waals surface area (Å²) in [6.45, 7) is 11.1. The van der Waals surface area contributed by atoms with Crippen molar-refractivity contribution in [2.24, 2.45) is 0 Å². The van der Waals surface area contributed by atoms with Gasteiger partial charge in [-0.05, 0) is 62.4 Å². The van der Waals surface area contributed by atoms with Gasteiger partial charge in [-0.15, -0.1) is 0 Å². The molecule has 3 amide bonds. The number of carbonyl (C=O) groups is 2. The van der Waals surface area contributed by atoms with Crippen LogP contribution in [0, 0.1) is 0 Å². The summed E-state index contributed by atoms with van der Waals surface area (Å²) in [7, 11) is 0. The maximum atomic E-state index is 13.4. The highest BCUT2D eigenvalue weighted by atomic mass is 35.5. The molecular formula is C27H34Cl2N6O2. The van der Waals surface area contributed by atoms with Crippen LogP contribution >= 0.6 is 23.2 Å². The van der Waals surface area contributed by atoms with Crippen LogP contribution in [0.1, 0.15) is 13.8 Å². The average molecular weight is 546 g/mol. The lowest BCUT2D eigenvalue weighted by Gasteiger charge is -2.39. The molecule has 37 heavy (non-hydrogen) atoms. The van der Waals surface area contributed by atoms with Crippen molar-refractivity contribution in [3.8, 4) is 0 Å². The van der Waals surface area contributed by atoms with Gasteiger partial charge >= 0.3 is 6.03 Å². The van der Waals surface area contributed by atoms with Gasteiger partial charge in [-0.2, -0.15) is 0 Å². The molecule has 0 saturated carbocycles. The third-order valence-electron chi connectivity index (χ3n) is 7.72. The number of urea groups is 1. The van der Waals surface area contributed by atoms with E-state index in [0.29, 0.717) is 13.3 Å². The first-order valence-electron chi connectivity index (χ1n) is 12.8. The third-order valence-corrected chi connectivity index (χ3v) is 8.22. The van der Waals surface area contributed by atoms with Crippen LogP contribution in [-0.4, -0.2) is 103 Å². The van der Waals surface area contributed by atoms with Gasteiger partial charge in [0.1, 0.15) is 5.54 Å². The molecule has 3 heterocycles. The Bertz CT molecular complexity index is 1110. The zero-order chi connectivity index (χ0) is 26.2. The molecule has 3 aliphatic rings. The second kappa shape index (κ2) is 10.7. The quantitative estimate of drug-likeness (QED) is 0.514. The lowest BCUT2D eigenvalue weighted by Crippen LogP contribution is -2.54. The summed E-state index contributed by atoms with van der Waals surface area (Å²) in [6.07, 6.45) is 0. The highest BCUT2D eigenvalue weighted by molar-refractivity contribution is 6.30. The number of hydrogen-bond donors (Lipinski definition) is 0. The Balaban J connectivity index is 1.15. The fourth-order valence-electron chi connectivity index (χ4n) is 5.28. The van der Waals surface area contributed by atoms with Gasteiger partial charge in [-0.1, -0.05) is 23.2 Å². The number of hydrogen-bond acceptors (Lipinski definition) is 6. The van der Waals surface area contributed by atoms with Gasteiger partial charge in [0, 0.05) is 73.8 Å². The van der Waals surface area contributed by atoms with E-state index >= 15 is 0 Å². The van der Waals surface area contributed by atoms with Gasteiger partial charge in [0.25, 0.3) is 5.91 Å². The number of piperazine rings is 2. The molecule has 0 N–H and O–H groups in total. The Labute approximate surface area is 228 Å². The third kappa shape index (κ3) is 5.53. The van der Waals surface area contributed by atoms with E-state index in [1.807, 2.05) is 62.4 Å². The molecule has 0 unspecified atom stereocenters. The van der Waals surface area contributed by atoms with E-state index in [-0.39, 0.29) is 11.9 Å². The second-order valence-electron chi connectivity index (χ2n) is 10.4. The molecule has 5 rings (SSSR count). The van der Waals surface area contributed by atoms with Crippen molar-refractivity contribution in [1.29, 1.82) is 0 Å². The van der Waals surface area contributed by atoms with Gasteiger partial charge in [-0.25, -0.2) is 9.69 Å². The Morgan fingerprint density at radius 2 is 1.05 bits per heavy atom. The summed E-state index contributed by atoms with van der Waals surface area (Å²) < 4.78 is 0. The maximum absolute atomic E-state index is 13.4. The summed E-state index contributed by atoms with van der Waals surface area (Å²) >= 11 is 12.0. The highest BCUT2D eigenvalue weighted by Gasteiger charge is 2.52. The number of carbonyl (C=O) groups excluding carboxylic acids is 2. The molecule has 0 radical (unpaired) electrons. The predicted octanol–water partition coefficient (Wildman–Crippen LogP) is 3.90. The number of nitrogens with zero attached hydrogens (tertiary/aromatic N) is 6. The zero-order valence-electron chi connectivity index (χ0n) is 21.4. The van der Waals surface area contributed by atoms with Crippen LogP contribution in [0.2, 0.25) is 10.0 Å². The van der Waals surface area contributed by atoms with Crippen LogP contribution in [0.3, 0.4) is 0 Å². The lowest BCUT2D eigenvalue weighted by molar-refractivity contribution is -0.133. The van der Waals surface area contributed by atoms with Gasteiger partial charge in [-0.3, -0.25) is 19.5 Å². The molecule has 10 heteroatoms. The molecule has 2 aromatic carbocycles. The fraction of sp³-hybridized carbons (Fsp3) is 0.481. The molecule has 8 nitrogen and oxygen atoms in total. The second-order valence-corrected chi connectivity index (χ2v) is 11.3. The molecule has 0 atom stereocenters. The van der Waals surface area contributed by atoms with E-state index in [2.05, 4.69) is 19.6 Å². The van der Waals surface area contributed by atoms with E-state index in [4.69, 9.17) is 23.2 Å². The minimum absolute atomic E-state index is 0.127. The smallest absolute Gasteiger partial charge is 0.329 e. The van der Waals surface area contributed by atoms with Crippen molar-refractivity contribution >= 4 is 46.5 Å². The Morgan fingerprint density at radius 3 is 1.49 bits per heavy atom. The minimum Gasteiger partial charge on any atom is -0.369 e. The van der Waals surface area contributed by atoms with Crippen molar-refractivity contribution in [1.82, 2.24) is 19.6 Å². The molecule has 3 saturated heterocycles. The van der Waals surface area contributed by atoms with Gasteiger partial charge in [0.05, 0.1) is 13.3 Å². The molecule has 198 valence electrons.